The number of H-pyrrole nitrogens is 2. The monoisotopic (exact) mass is 375 g/mol. The summed E-state index contributed by atoms with van der Waals surface area (Å²) < 4.78 is 1.82. The molecule has 0 bridgehead atoms. The van der Waals surface area contributed by atoms with Crippen LogP contribution < -0.4 is 5.69 Å². The Balaban J connectivity index is 1.60. The summed E-state index contributed by atoms with van der Waals surface area (Å²) >= 11 is 0. The largest absolute Gasteiger partial charge is 0.361 e. The Hall–Kier alpha value is -3.55. The van der Waals surface area contributed by atoms with Crippen molar-refractivity contribution in [3.63, 3.8) is 0 Å². The normalized spacial score (nSPS) is 11.2. The molecule has 2 N–H and O–H groups in total. The maximum Gasteiger partial charge on any atom is 0.361 e. The van der Waals surface area contributed by atoms with Crippen LogP contribution in [0, 0.1) is 5.92 Å². The van der Waals surface area contributed by atoms with Gasteiger partial charge in [-0.15, -0.1) is 10.2 Å². The summed E-state index contributed by atoms with van der Waals surface area (Å²) in [5.41, 5.74) is 3.79. The summed E-state index contributed by atoms with van der Waals surface area (Å²) in [7, 11) is 0. The molecular formula is C20H21N7O. The van der Waals surface area contributed by atoms with Gasteiger partial charge in [-0.1, -0.05) is 62.4 Å². The van der Waals surface area contributed by atoms with Crippen molar-refractivity contribution in [2.75, 3.05) is 0 Å². The van der Waals surface area contributed by atoms with Gasteiger partial charge in [0.1, 0.15) is 5.82 Å². The minimum Gasteiger partial charge on any atom is -0.266 e. The van der Waals surface area contributed by atoms with E-state index in [1.807, 2.05) is 28.9 Å². The van der Waals surface area contributed by atoms with E-state index in [0.29, 0.717) is 18.3 Å². The van der Waals surface area contributed by atoms with Crippen molar-refractivity contribution in [2.45, 2.75) is 26.8 Å². The summed E-state index contributed by atoms with van der Waals surface area (Å²) in [6.07, 6.45) is 0.759. The van der Waals surface area contributed by atoms with Gasteiger partial charge < -0.3 is 0 Å². The minimum absolute atomic E-state index is 0.304. The first-order valence-corrected chi connectivity index (χ1v) is 9.18. The number of benzene rings is 2. The topological polar surface area (TPSA) is 105 Å². The molecule has 8 nitrogen and oxygen atoms in total. The number of hydrogen-bond donors (Lipinski definition) is 2. The zero-order chi connectivity index (χ0) is 19.5. The Morgan fingerprint density at radius 3 is 2.46 bits per heavy atom. The molecule has 2 aromatic carbocycles. The summed E-state index contributed by atoms with van der Waals surface area (Å²) in [5.74, 6) is 1.78. The Bertz CT molecular complexity index is 1110. The molecule has 0 saturated carbocycles. The standard InChI is InChI=1S/C20H21N7O/c1-13(2)11-18-21-20(28)24-27(18)12-14-7-9-15(10-8-14)16-5-3-4-6-17(16)19-22-25-26-23-19/h3-10,13H,11-12H2,1-2H3,(H,24,28)(H,22,23,25,26). The number of aromatic amines is 2. The molecule has 0 aliphatic heterocycles. The number of hydrogen-bond acceptors (Lipinski definition) is 5. The lowest BCUT2D eigenvalue weighted by molar-refractivity contribution is 0.563. The van der Waals surface area contributed by atoms with Crippen molar-refractivity contribution < 1.29 is 0 Å². The molecule has 0 amide bonds. The molecule has 0 aliphatic carbocycles. The second kappa shape index (κ2) is 7.59. The van der Waals surface area contributed by atoms with E-state index in [0.717, 1.165) is 34.5 Å². The van der Waals surface area contributed by atoms with Crippen LogP contribution in [0.2, 0.25) is 0 Å². The number of tetrazole rings is 1. The fourth-order valence-electron chi connectivity index (χ4n) is 3.21. The maximum atomic E-state index is 11.7. The van der Waals surface area contributed by atoms with E-state index in [9.17, 15) is 4.79 Å². The van der Waals surface area contributed by atoms with Gasteiger partial charge in [-0.25, -0.2) is 9.89 Å². The van der Waals surface area contributed by atoms with Crippen LogP contribution in [0.15, 0.2) is 53.3 Å². The van der Waals surface area contributed by atoms with Crippen LogP contribution in [0.25, 0.3) is 22.5 Å². The first kappa shape index (κ1) is 17.8. The molecule has 2 heterocycles. The highest BCUT2D eigenvalue weighted by Crippen LogP contribution is 2.29. The van der Waals surface area contributed by atoms with Crippen LogP contribution in [-0.4, -0.2) is 35.4 Å². The van der Waals surface area contributed by atoms with E-state index in [1.165, 1.54) is 0 Å². The van der Waals surface area contributed by atoms with Crippen LogP contribution in [0.5, 0.6) is 0 Å². The smallest absolute Gasteiger partial charge is 0.266 e. The second-order valence-corrected chi connectivity index (χ2v) is 7.11. The van der Waals surface area contributed by atoms with Crippen LogP contribution in [-0.2, 0) is 13.0 Å². The molecule has 0 aliphatic rings. The van der Waals surface area contributed by atoms with Crippen LogP contribution in [0.1, 0.15) is 25.2 Å². The molecule has 0 radical (unpaired) electrons. The van der Waals surface area contributed by atoms with Crippen molar-refractivity contribution in [2.24, 2.45) is 5.92 Å². The second-order valence-electron chi connectivity index (χ2n) is 7.11. The molecule has 0 saturated heterocycles. The van der Waals surface area contributed by atoms with E-state index < -0.39 is 0 Å². The Kier molecular flexibility index (Phi) is 4.84. The number of rotatable bonds is 6. The summed E-state index contributed by atoms with van der Waals surface area (Å²) in [4.78, 5) is 15.7. The quantitative estimate of drug-likeness (QED) is 0.539. The molecule has 8 heteroatoms. The maximum absolute atomic E-state index is 11.7. The van der Waals surface area contributed by atoms with Crippen LogP contribution >= 0.6 is 0 Å². The summed E-state index contributed by atoms with van der Waals surface area (Å²) in [5, 5.41) is 17.1. The SMILES string of the molecule is CC(C)Cc1nc(=O)[nH]n1Cc1ccc(-c2ccccc2-c2nn[nH]n2)cc1. The van der Waals surface area contributed by atoms with E-state index in [4.69, 9.17) is 0 Å². The van der Waals surface area contributed by atoms with E-state index in [2.05, 4.69) is 68.8 Å². The van der Waals surface area contributed by atoms with Gasteiger partial charge in [0.15, 0.2) is 0 Å². The van der Waals surface area contributed by atoms with Crippen LogP contribution in [0.4, 0.5) is 0 Å². The highest BCUT2D eigenvalue weighted by atomic mass is 16.1. The van der Waals surface area contributed by atoms with Gasteiger partial charge in [0.25, 0.3) is 0 Å². The highest BCUT2D eigenvalue weighted by Gasteiger charge is 2.12. The zero-order valence-electron chi connectivity index (χ0n) is 15.8. The average molecular weight is 375 g/mol. The molecule has 0 fully saturated rings. The van der Waals surface area contributed by atoms with Crippen molar-refractivity contribution in [3.05, 3.63) is 70.4 Å². The number of nitrogens with one attached hydrogen (secondary N) is 2. The Morgan fingerprint density at radius 2 is 1.79 bits per heavy atom. The molecule has 2 aromatic heterocycles. The summed E-state index contributed by atoms with van der Waals surface area (Å²) in [6.45, 7) is 4.79. The van der Waals surface area contributed by atoms with Gasteiger partial charge in [-0.05, 0) is 27.8 Å². The predicted octanol–water partition coefficient (Wildman–Crippen LogP) is 2.67. The lowest BCUT2D eigenvalue weighted by Crippen LogP contribution is -2.10. The van der Waals surface area contributed by atoms with Crippen molar-refractivity contribution in [1.82, 2.24) is 35.4 Å². The third kappa shape index (κ3) is 3.75. The van der Waals surface area contributed by atoms with Gasteiger partial charge in [0.2, 0.25) is 5.82 Å². The van der Waals surface area contributed by atoms with Crippen LogP contribution in [0.3, 0.4) is 0 Å². The molecule has 0 atom stereocenters. The zero-order valence-corrected chi connectivity index (χ0v) is 15.8. The van der Waals surface area contributed by atoms with Gasteiger partial charge in [-0.2, -0.15) is 10.2 Å². The highest BCUT2D eigenvalue weighted by molar-refractivity contribution is 5.80. The molecule has 4 rings (SSSR count). The van der Waals surface area contributed by atoms with Crippen molar-refractivity contribution in [1.29, 1.82) is 0 Å². The fourth-order valence-corrected chi connectivity index (χ4v) is 3.21. The first-order chi connectivity index (χ1) is 13.6. The van der Waals surface area contributed by atoms with E-state index >= 15 is 0 Å². The summed E-state index contributed by atoms with van der Waals surface area (Å²) in [6, 6.07) is 16.2. The molecule has 142 valence electrons. The third-order valence-electron chi connectivity index (χ3n) is 4.48. The lowest BCUT2D eigenvalue weighted by Gasteiger charge is -2.10. The van der Waals surface area contributed by atoms with E-state index in [1.54, 1.807) is 0 Å². The number of aromatic nitrogens is 7. The van der Waals surface area contributed by atoms with Gasteiger partial charge in [-0.3, -0.25) is 4.68 Å². The Morgan fingerprint density at radius 1 is 1.04 bits per heavy atom. The fraction of sp³-hybridized carbons (Fsp3) is 0.250. The first-order valence-electron chi connectivity index (χ1n) is 9.18. The Labute approximate surface area is 161 Å². The average Bonchev–Trinajstić information content (AvgIpc) is 3.32. The van der Waals surface area contributed by atoms with Crippen molar-refractivity contribution >= 4 is 0 Å². The minimum atomic E-state index is -0.304. The van der Waals surface area contributed by atoms with Gasteiger partial charge >= 0.3 is 5.69 Å². The van der Waals surface area contributed by atoms with Crippen molar-refractivity contribution in [3.8, 4) is 22.5 Å². The molecular weight excluding hydrogens is 354 g/mol. The number of nitrogens with zero attached hydrogens (tertiary/aromatic N) is 5. The predicted molar refractivity (Wildman–Crippen MR) is 106 cm³/mol. The molecule has 4 aromatic rings. The molecule has 0 unspecified atom stereocenters. The van der Waals surface area contributed by atoms with E-state index in [-0.39, 0.29) is 5.69 Å². The molecule has 28 heavy (non-hydrogen) atoms. The van der Waals surface area contributed by atoms with Gasteiger partial charge in [0, 0.05) is 12.0 Å². The lowest BCUT2D eigenvalue weighted by atomic mass is 9.98. The third-order valence-corrected chi connectivity index (χ3v) is 4.48. The van der Waals surface area contributed by atoms with Gasteiger partial charge in [0.05, 0.1) is 6.54 Å². The molecule has 0 spiro atoms.